The summed E-state index contributed by atoms with van der Waals surface area (Å²) in [6.45, 7) is 7.96. The van der Waals surface area contributed by atoms with Crippen molar-refractivity contribution >= 4 is 27.0 Å². The van der Waals surface area contributed by atoms with Gasteiger partial charge in [-0.25, -0.2) is 0 Å². The van der Waals surface area contributed by atoms with Gasteiger partial charge in [-0.15, -0.1) is 0 Å². The molecule has 21 heavy (non-hydrogen) atoms. The Morgan fingerprint density at radius 2 is 1.19 bits per heavy atom. The van der Waals surface area contributed by atoms with Gasteiger partial charge in [0.15, 0.2) is 0 Å². The van der Waals surface area contributed by atoms with Gasteiger partial charge >= 0.3 is 0 Å². The molecule has 0 aliphatic heterocycles. The average molecular weight is 320 g/mol. The van der Waals surface area contributed by atoms with Crippen LogP contribution in [0.4, 0.5) is 0 Å². The molecule has 0 fully saturated rings. The summed E-state index contributed by atoms with van der Waals surface area (Å²) < 4.78 is 6.40. The van der Waals surface area contributed by atoms with Crippen molar-refractivity contribution in [2.45, 2.75) is 26.2 Å². The Bertz CT molecular complexity index is 686. The predicted octanol–water partition coefficient (Wildman–Crippen LogP) is 0.604. The van der Waals surface area contributed by atoms with Crippen LogP contribution >= 0.6 is 0 Å². The molecule has 112 valence electrons. The fourth-order valence-electron chi connectivity index (χ4n) is 2.54. The van der Waals surface area contributed by atoms with Crippen LogP contribution in [0.2, 0.25) is 26.2 Å². The van der Waals surface area contributed by atoms with Crippen LogP contribution in [0.3, 0.4) is 0 Å². The van der Waals surface area contributed by atoms with E-state index in [-0.39, 0.29) is 11.1 Å². The molecule has 0 aliphatic rings. The zero-order valence-electron chi connectivity index (χ0n) is 12.7. The van der Waals surface area contributed by atoms with E-state index in [1.165, 1.54) is 0 Å². The van der Waals surface area contributed by atoms with E-state index in [4.69, 9.17) is 4.12 Å². The summed E-state index contributed by atoms with van der Waals surface area (Å²) >= 11 is 0. The van der Waals surface area contributed by atoms with Gasteiger partial charge in [0.25, 0.3) is 0 Å². The van der Waals surface area contributed by atoms with Crippen LogP contribution in [-0.4, -0.2) is 26.6 Å². The van der Waals surface area contributed by atoms with Crippen molar-refractivity contribution < 1.29 is 4.12 Å². The van der Waals surface area contributed by atoms with Crippen molar-refractivity contribution in [1.29, 1.82) is 0 Å². The number of aromatic amines is 2. The van der Waals surface area contributed by atoms with Crippen molar-refractivity contribution in [2.75, 3.05) is 0 Å². The Kier molecular flexibility index (Phi) is 4.17. The normalized spacial score (nSPS) is 12.4. The Hall–Kier alpha value is -1.71. The third-order valence-electron chi connectivity index (χ3n) is 3.44. The lowest BCUT2D eigenvalue weighted by Gasteiger charge is -2.33. The molecule has 2 aromatic heterocycles. The highest BCUT2D eigenvalue weighted by molar-refractivity contribution is 6.96. The lowest BCUT2D eigenvalue weighted by molar-refractivity contribution is 0.572. The summed E-state index contributed by atoms with van der Waals surface area (Å²) in [4.78, 5) is 29.4. The first-order valence-electron chi connectivity index (χ1n) is 6.80. The van der Waals surface area contributed by atoms with Gasteiger partial charge in [0.2, 0.25) is 27.8 Å². The van der Waals surface area contributed by atoms with Crippen molar-refractivity contribution in [3.05, 3.63) is 57.4 Å². The van der Waals surface area contributed by atoms with E-state index in [1.807, 2.05) is 38.3 Å². The molecule has 5 nitrogen and oxygen atoms in total. The molecule has 0 aliphatic carbocycles. The van der Waals surface area contributed by atoms with Gasteiger partial charge in [-0.3, -0.25) is 9.59 Å². The monoisotopic (exact) mass is 320 g/mol. The predicted molar refractivity (Wildman–Crippen MR) is 89.4 cm³/mol. The Labute approximate surface area is 125 Å². The number of H-pyrrole nitrogens is 2. The lowest BCUT2D eigenvalue weighted by Crippen LogP contribution is -2.63. The quantitative estimate of drug-likeness (QED) is 0.810. The van der Waals surface area contributed by atoms with Gasteiger partial charge in [0, 0.05) is 22.8 Å². The molecule has 0 bridgehead atoms. The number of nitrogens with one attached hydrogen (secondary N) is 2. The maximum Gasteiger partial charge on any atom is 0.249 e. The van der Waals surface area contributed by atoms with Gasteiger partial charge in [-0.1, -0.05) is 12.1 Å². The third kappa shape index (κ3) is 3.31. The van der Waals surface area contributed by atoms with Crippen molar-refractivity contribution in [3.8, 4) is 0 Å². The van der Waals surface area contributed by atoms with Crippen molar-refractivity contribution in [2.24, 2.45) is 0 Å². The van der Waals surface area contributed by atoms with Gasteiger partial charge in [-0.2, -0.15) is 0 Å². The minimum atomic E-state index is -2.40. The molecule has 0 radical (unpaired) electrons. The number of hydrogen-bond donors (Lipinski definition) is 2. The first-order valence-corrected chi connectivity index (χ1v) is 12.6. The highest BCUT2D eigenvalue weighted by atomic mass is 28.4. The molecule has 0 saturated heterocycles. The van der Waals surface area contributed by atoms with Crippen LogP contribution in [0, 0.1) is 0 Å². The fourth-order valence-corrected chi connectivity index (χ4v) is 10.8. The molecule has 0 spiro atoms. The van der Waals surface area contributed by atoms with Crippen LogP contribution in [-0.2, 0) is 4.12 Å². The molecule has 2 heterocycles. The molecular formula is C14H20N2O3Si2. The maximum atomic E-state index is 12.0. The first kappa shape index (κ1) is 15.7. The second-order valence-electron chi connectivity index (χ2n) is 5.95. The number of aromatic nitrogens is 2. The molecule has 0 amide bonds. The molecule has 2 N–H and O–H groups in total. The molecule has 0 unspecified atom stereocenters. The van der Waals surface area contributed by atoms with Gasteiger partial charge in [-0.05, 0) is 38.3 Å². The summed E-state index contributed by atoms with van der Waals surface area (Å²) in [6.07, 6.45) is 3.22. The molecule has 0 saturated carbocycles. The third-order valence-corrected chi connectivity index (χ3v) is 10.9. The first-order chi connectivity index (χ1) is 9.74. The number of hydrogen-bond acceptors (Lipinski definition) is 3. The van der Waals surface area contributed by atoms with Gasteiger partial charge < -0.3 is 14.1 Å². The highest BCUT2D eigenvalue weighted by Crippen LogP contribution is 2.12. The van der Waals surface area contributed by atoms with Gasteiger partial charge in [0.05, 0.1) is 0 Å². The molecule has 0 atom stereocenters. The smallest absolute Gasteiger partial charge is 0.249 e. The average Bonchev–Trinajstić information content (AvgIpc) is 2.38. The van der Waals surface area contributed by atoms with Crippen LogP contribution < -0.4 is 21.5 Å². The van der Waals surface area contributed by atoms with E-state index < -0.39 is 16.6 Å². The molecule has 2 rings (SSSR count). The van der Waals surface area contributed by atoms with Crippen molar-refractivity contribution in [3.63, 3.8) is 0 Å². The number of rotatable bonds is 4. The molecule has 2 aromatic rings. The Morgan fingerprint density at radius 1 is 0.810 bits per heavy atom. The molecular weight excluding hydrogens is 300 g/mol. The van der Waals surface area contributed by atoms with Crippen LogP contribution in [0.5, 0.6) is 0 Å². The van der Waals surface area contributed by atoms with Crippen LogP contribution in [0.1, 0.15) is 0 Å². The van der Waals surface area contributed by atoms with Gasteiger partial charge in [0.1, 0.15) is 0 Å². The van der Waals surface area contributed by atoms with Crippen molar-refractivity contribution in [1.82, 2.24) is 9.97 Å². The number of pyridine rings is 2. The maximum absolute atomic E-state index is 12.0. The summed E-state index contributed by atoms with van der Waals surface area (Å²) in [7, 11) is -4.80. The summed E-state index contributed by atoms with van der Waals surface area (Å²) in [5.74, 6) is 0. The van der Waals surface area contributed by atoms with E-state index in [0.717, 1.165) is 0 Å². The summed E-state index contributed by atoms with van der Waals surface area (Å²) in [5, 5.41) is 1.39. The fraction of sp³-hybridized carbons (Fsp3) is 0.286. The molecule has 7 heteroatoms. The summed E-state index contributed by atoms with van der Waals surface area (Å²) in [6, 6.07) is 7.23. The Morgan fingerprint density at radius 3 is 1.52 bits per heavy atom. The van der Waals surface area contributed by atoms with E-state index >= 15 is 0 Å². The Balaban J connectivity index is 2.40. The standard InChI is InChI=1S/C14H20N2O3Si2/c1-20(2,11-7-5-9-15-13(11)17)19-21(3,4)12-8-6-10-16-14(12)18/h5-10H,1-4H3,(H,15,17)(H,16,18). The topological polar surface area (TPSA) is 75.0 Å². The largest absolute Gasteiger partial charge is 0.449 e. The highest BCUT2D eigenvalue weighted by Gasteiger charge is 2.38. The zero-order valence-corrected chi connectivity index (χ0v) is 14.7. The second-order valence-corrected chi connectivity index (χ2v) is 13.9. The van der Waals surface area contributed by atoms with E-state index in [2.05, 4.69) is 9.97 Å². The van der Waals surface area contributed by atoms with E-state index in [1.54, 1.807) is 24.5 Å². The minimum Gasteiger partial charge on any atom is -0.449 e. The zero-order chi connectivity index (χ0) is 15.7. The second kappa shape index (κ2) is 5.59. The van der Waals surface area contributed by atoms with E-state index in [9.17, 15) is 9.59 Å². The lowest BCUT2D eigenvalue weighted by atomic mass is 10.5. The van der Waals surface area contributed by atoms with E-state index in [0.29, 0.717) is 10.4 Å². The molecule has 0 aromatic carbocycles. The minimum absolute atomic E-state index is 0.110. The summed E-state index contributed by atoms with van der Waals surface area (Å²) in [5.41, 5.74) is -0.220. The van der Waals surface area contributed by atoms with Crippen LogP contribution in [0.15, 0.2) is 46.2 Å². The van der Waals surface area contributed by atoms with Crippen LogP contribution in [0.25, 0.3) is 0 Å². The SMILES string of the molecule is C[Si](C)(O[Si](C)(C)c1ccc[nH]c1=O)c1ccc[nH]c1=O.